The molecule has 1 heterocycles. The number of benzene rings is 2. The first-order valence-corrected chi connectivity index (χ1v) is 8.65. The van der Waals surface area contributed by atoms with E-state index in [0.29, 0.717) is 15.0 Å². The summed E-state index contributed by atoms with van der Waals surface area (Å²) >= 11 is 0.391. The molecule has 0 aliphatic rings. The molecule has 0 saturated carbocycles. The van der Waals surface area contributed by atoms with E-state index in [9.17, 15) is 0 Å². The Kier molecular flexibility index (Phi) is 4.34. The van der Waals surface area contributed by atoms with Gasteiger partial charge in [-0.15, -0.1) is 0 Å². The van der Waals surface area contributed by atoms with Gasteiger partial charge < -0.3 is 0 Å². The third kappa shape index (κ3) is 3.51. The van der Waals surface area contributed by atoms with Crippen molar-refractivity contribution in [2.24, 2.45) is 0 Å². The van der Waals surface area contributed by atoms with E-state index in [2.05, 4.69) is 34.6 Å². The van der Waals surface area contributed by atoms with Crippen LogP contribution >= 0.6 is 0 Å². The van der Waals surface area contributed by atoms with Gasteiger partial charge in [0.2, 0.25) is 0 Å². The van der Waals surface area contributed by atoms with Crippen LogP contribution in [0.5, 0.6) is 5.75 Å². The second-order valence-electron chi connectivity index (χ2n) is 4.45. The molecule has 2 aromatic carbocycles. The summed E-state index contributed by atoms with van der Waals surface area (Å²) in [7, 11) is 1.66. The molecule has 3 rings (SSSR count). The molecule has 5 heteroatoms. The van der Waals surface area contributed by atoms with Crippen LogP contribution in [0, 0.1) is 0 Å². The van der Waals surface area contributed by atoms with Crippen molar-refractivity contribution in [3.63, 3.8) is 0 Å². The van der Waals surface area contributed by atoms with E-state index < -0.39 is 0 Å². The summed E-state index contributed by atoms with van der Waals surface area (Å²) in [6.07, 6.45) is 1.99. The average Bonchev–Trinajstić information content (AvgIpc) is 3.03. The summed E-state index contributed by atoms with van der Waals surface area (Å²) in [5, 5.41) is 9.39. The van der Waals surface area contributed by atoms with Crippen molar-refractivity contribution in [2.45, 2.75) is 5.32 Å². The minimum absolute atomic E-state index is 0.391. The fourth-order valence-corrected chi connectivity index (χ4v) is 3.57. The normalized spacial score (nSPS) is 10.5. The van der Waals surface area contributed by atoms with Gasteiger partial charge in [-0.1, -0.05) is 0 Å². The first kappa shape index (κ1) is 13.9. The summed E-state index contributed by atoms with van der Waals surface area (Å²) in [6.45, 7) is 0. The Morgan fingerprint density at radius 3 is 2.52 bits per heavy atom. The second-order valence-corrected chi connectivity index (χ2v) is 6.65. The number of rotatable bonds is 5. The van der Waals surface area contributed by atoms with Gasteiger partial charge in [0, 0.05) is 0 Å². The molecule has 1 aromatic heterocycles. The molecular formula is C16H15N3OSe. The van der Waals surface area contributed by atoms with Gasteiger partial charge in [-0.2, -0.15) is 0 Å². The molecule has 0 unspecified atom stereocenters. The first-order valence-electron chi connectivity index (χ1n) is 6.58. The quantitative estimate of drug-likeness (QED) is 0.663. The topological polar surface area (TPSA) is 39.9 Å². The molecule has 0 fully saturated rings. The Labute approximate surface area is 129 Å². The zero-order chi connectivity index (χ0) is 14.5. The summed E-state index contributed by atoms with van der Waals surface area (Å²) in [5.74, 6) is 0.839. The van der Waals surface area contributed by atoms with E-state index >= 15 is 0 Å². The molecule has 0 spiro atoms. The fraction of sp³-hybridized carbons (Fsp3) is 0.125. The SMILES string of the molecule is COc1ccc(-n2cc(C[Se]c3ccccc3)nn2)cc1. The summed E-state index contributed by atoms with van der Waals surface area (Å²) in [6, 6.07) is 18.3. The molecule has 3 aromatic rings. The average molecular weight is 344 g/mol. The van der Waals surface area contributed by atoms with Crippen LogP contribution < -0.4 is 9.20 Å². The molecule has 0 amide bonds. The van der Waals surface area contributed by atoms with Crippen molar-refractivity contribution in [3.05, 3.63) is 66.5 Å². The molecule has 4 nitrogen and oxygen atoms in total. The number of methoxy groups -OCH3 is 1. The van der Waals surface area contributed by atoms with E-state index in [1.165, 1.54) is 4.46 Å². The van der Waals surface area contributed by atoms with Gasteiger partial charge in [0.25, 0.3) is 0 Å². The molecule has 0 aliphatic heterocycles. The van der Waals surface area contributed by atoms with Gasteiger partial charge in [0.05, 0.1) is 0 Å². The zero-order valence-corrected chi connectivity index (χ0v) is 13.4. The standard InChI is InChI=1S/C16H15N3OSe/c1-20-15-9-7-14(8-10-15)19-11-13(17-18-19)12-21-16-5-3-2-4-6-16/h2-11H,12H2,1H3. The van der Waals surface area contributed by atoms with Gasteiger partial charge >= 0.3 is 130 Å². The van der Waals surface area contributed by atoms with Crippen molar-refractivity contribution in [2.75, 3.05) is 7.11 Å². The molecule has 21 heavy (non-hydrogen) atoms. The summed E-state index contributed by atoms with van der Waals surface area (Å²) in [5.41, 5.74) is 2.01. The van der Waals surface area contributed by atoms with Crippen molar-refractivity contribution >= 4 is 19.4 Å². The third-order valence-electron chi connectivity index (χ3n) is 3.01. The van der Waals surface area contributed by atoms with Crippen LogP contribution in [-0.2, 0) is 5.32 Å². The van der Waals surface area contributed by atoms with Crippen molar-refractivity contribution in [1.29, 1.82) is 0 Å². The Hall–Kier alpha value is -2.10. The molecule has 0 radical (unpaired) electrons. The van der Waals surface area contributed by atoms with Crippen molar-refractivity contribution in [3.8, 4) is 11.4 Å². The fourth-order valence-electron chi connectivity index (χ4n) is 1.90. The minimum atomic E-state index is 0.391. The molecule has 0 N–H and O–H groups in total. The number of hydrogen-bond acceptors (Lipinski definition) is 3. The number of ether oxygens (including phenoxy) is 1. The number of aromatic nitrogens is 3. The van der Waals surface area contributed by atoms with Crippen LogP contribution in [-0.4, -0.2) is 37.1 Å². The first-order chi connectivity index (χ1) is 10.3. The van der Waals surface area contributed by atoms with Crippen molar-refractivity contribution in [1.82, 2.24) is 15.0 Å². The van der Waals surface area contributed by atoms with Crippen molar-refractivity contribution < 1.29 is 4.74 Å². The van der Waals surface area contributed by atoms with E-state index in [0.717, 1.165) is 22.5 Å². The van der Waals surface area contributed by atoms with Gasteiger partial charge in [0.15, 0.2) is 0 Å². The van der Waals surface area contributed by atoms with E-state index in [-0.39, 0.29) is 0 Å². The van der Waals surface area contributed by atoms with E-state index in [4.69, 9.17) is 4.74 Å². The van der Waals surface area contributed by atoms with Gasteiger partial charge in [-0.05, 0) is 0 Å². The summed E-state index contributed by atoms with van der Waals surface area (Å²) in [4.78, 5) is 0. The van der Waals surface area contributed by atoms with Crippen LogP contribution in [0.15, 0.2) is 60.8 Å². The number of hydrogen-bond donors (Lipinski definition) is 0. The molecule has 0 bridgehead atoms. The van der Waals surface area contributed by atoms with E-state index in [1.54, 1.807) is 11.8 Å². The Balaban J connectivity index is 1.68. The van der Waals surface area contributed by atoms with Crippen LogP contribution in [0.25, 0.3) is 5.69 Å². The molecule has 106 valence electrons. The van der Waals surface area contributed by atoms with E-state index in [1.807, 2.05) is 36.5 Å². The Morgan fingerprint density at radius 1 is 1.05 bits per heavy atom. The van der Waals surface area contributed by atoms with Crippen LogP contribution in [0.1, 0.15) is 5.69 Å². The monoisotopic (exact) mass is 345 g/mol. The maximum atomic E-state index is 5.16. The van der Waals surface area contributed by atoms with Gasteiger partial charge in [-0.25, -0.2) is 0 Å². The third-order valence-corrected chi connectivity index (χ3v) is 5.20. The van der Waals surface area contributed by atoms with Crippen LogP contribution in [0.4, 0.5) is 0 Å². The van der Waals surface area contributed by atoms with Crippen LogP contribution in [0.2, 0.25) is 0 Å². The second kappa shape index (κ2) is 6.57. The maximum absolute atomic E-state index is 5.16. The molecule has 0 saturated heterocycles. The molecule has 0 atom stereocenters. The molecule has 0 aliphatic carbocycles. The van der Waals surface area contributed by atoms with Crippen LogP contribution in [0.3, 0.4) is 0 Å². The zero-order valence-electron chi connectivity index (χ0n) is 11.6. The summed E-state index contributed by atoms with van der Waals surface area (Å²) < 4.78 is 8.34. The molecular weight excluding hydrogens is 329 g/mol. The van der Waals surface area contributed by atoms with Gasteiger partial charge in [0.1, 0.15) is 0 Å². The predicted molar refractivity (Wildman–Crippen MR) is 83.4 cm³/mol. The van der Waals surface area contributed by atoms with Gasteiger partial charge in [-0.3, -0.25) is 0 Å². The Bertz CT molecular complexity index is 695. The number of nitrogens with zero attached hydrogens (tertiary/aromatic N) is 3. The Morgan fingerprint density at radius 2 is 1.81 bits per heavy atom. The predicted octanol–water partition coefficient (Wildman–Crippen LogP) is 1.81.